The molecule has 25 heavy (non-hydrogen) atoms. The molecule has 0 fully saturated rings. The van der Waals surface area contributed by atoms with Crippen molar-refractivity contribution in [2.45, 2.75) is 20.1 Å². The molecule has 2 aromatic heterocycles. The molecule has 0 bridgehead atoms. The SMILES string of the molecule is CCn1nccc1C(=O)/C=C/c1ccc(COc2cccc(Br)c2)o1. The van der Waals surface area contributed by atoms with E-state index < -0.39 is 0 Å². The van der Waals surface area contributed by atoms with E-state index in [9.17, 15) is 4.79 Å². The Morgan fingerprint density at radius 1 is 1.32 bits per heavy atom. The fourth-order valence-electron chi connectivity index (χ4n) is 2.31. The summed E-state index contributed by atoms with van der Waals surface area (Å²) >= 11 is 3.40. The van der Waals surface area contributed by atoms with Crippen LogP contribution in [-0.2, 0) is 13.2 Å². The van der Waals surface area contributed by atoms with Gasteiger partial charge in [-0.3, -0.25) is 9.48 Å². The van der Waals surface area contributed by atoms with Crippen molar-refractivity contribution < 1.29 is 13.9 Å². The number of ether oxygens (including phenoxy) is 1. The molecule has 0 N–H and O–H groups in total. The van der Waals surface area contributed by atoms with E-state index >= 15 is 0 Å². The highest BCUT2D eigenvalue weighted by Crippen LogP contribution is 2.19. The van der Waals surface area contributed by atoms with Crippen LogP contribution in [0.15, 0.2) is 63.6 Å². The number of carbonyl (C=O) groups excluding carboxylic acids is 1. The maximum atomic E-state index is 12.2. The minimum Gasteiger partial charge on any atom is -0.486 e. The molecule has 0 aliphatic carbocycles. The molecule has 3 rings (SSSR count). The molecule has 2 heterocycles. The highest BCUT2D eigenvalue weighted by atomic mass is 79.9. The highest BCUT2D eigenvalue weighted by Gasteiger charge is 2.08. The molecule has 0 aliphatic heterocycles. The summed E-state index contributed by atoms with van der Waals surface area (Å²) in [6.45, 7) is 2.91. The zero-order valence-corrected chi connectivity index (χ0v) is 15.3. The Labute approximate surface area is 154 Å². The Morgan fingerprint density at radius 3 is 3.00 bits per heavy atom. The first kappa shape index (κ1) is 17.2. The van der Waals surface area contributed by atoms with Crippen molar-refractivity contribution in [3.05, 3.63) is 76.4 Å². The van der Waals surface area contributed by atoms with Crippen molar-refractivity contribution in [3.63, 3.8) is 0 Å². The van der Waals surface area contributed by atoms with Crippen LogP contribution in [0.3, 0.4) is 0 Å². The Bertz CT molecular complexity index is 895. The normalized spacial score (nSPS) is 11.1. The van der Waals surface area contributed by atoms with Gasteiger partial charge in [0.15, 0.2) is 0 Å². The molecule has 3 aromatic rings. The molecule has 0 saturated heterocycles. The minimum absolute atomic E-state index is 0.109. The molecule has 1 aromatic carbocycles. The van der Waals surface area contributed by atoms with Gasteiger partial charge < -0.3 is 9.15 Å². The fourth-order valence-corrected chi connectivity index (χ4v) is 2.69. The van der Waals surface area contributed by atoms with Gasteiger partial charge in [0.2, 0.25) is 5.78 Å². The number of rotatable bonds is 7. The first-order chi connectivity index (χ1) is 12.2. The smallest absolute Gasteiger partial charge is 0.203 e. The lowest BCUT2D eigenvalue weighted by molar-refractivity contribution is 0.103. The van der Waals surface area contributed by atoms with Crippen molar-refractivity contribution in [2.75, 3.05) is 0 Å². The van der Waals surface area contributed by atoms with Crippen LogP contribution in [0.25, 0.3) is 6.08 Å². The second-order valence-electron chi connectivity index (χ2n) is 5.28. The first-order valence-electron chi connectivity index (χ1n) is 7.87. The fraction of sp³-hybridized carbons (Fsp3) is 0.158. The van der Waals surface area contributed by atoms with E-state index in [1.807, 2.05) is 37.3 Å². The Balaban J connectivity index is 1.60. The maximum absolute atomic E-state index is 12.2. The lowest BCUT2D eigenvalue weighted by Crippen LogP contribution is -2.07. The third-order valence-electron chi connectivity index (χ3n) is 3.53. The lowest BCUT2D eigenvalue weighted by Gasteiger charge is -2.04. The maximum Gasteiger partial charge on any atom is 0.203 e. The lowest BCUT2D eigenvalue weighted by atomic mass is 10.2. The van der Waals surface area contributed by atoms with Crippen LogP contribution in [0.2, 0.25) is 0 Å². The predicted molar refractivity (Wildman–Crippen MR) is 98.4 cm³/mol. The van der Waals surface area contributed by atoms with Crippen molar-refractivity contribution in [1.29, 1.82) is 0 Å². The van der Waals surface area contributed by atoms with Crippen LogP contribution in [0.4, 0.5) is 0 Å². The van der Waals surface area contributed by atoms with E-state index in [0.717, 1.165) is 10.2 Å². The topological polar surface area (TPSA) is 57.3 Å². The van der Waals surface area contributed by atoms with Gasteiger partial charge in [0, 0.05) is 17.2 Å². The first-order valence-corrected chi connectivity index (χ1v) is 8.66. The van der Waals surface area contributed by atoms with Gasteiger partial charge >= 0.3 is 0 Å². The highest BCUT2D eigenvalue weighted by molar-refractivity contribution is 9.10. The molecule has 6 heteroatoms. The van der Waals surface area contributed by atoms with Gasteiger partial charge in [0.1, 0.15) is 29.6 Å². The third-order valence-corrected chi connectivity index (χ3v) is 4.02. The largest absolute Gasteiger partial charge is 0.486 e. The molecule has 0 saturated carbocycles. The number of carbonyl (C=O) groups is 1. The summed E-state index contributed by atoms with van der Waals surface area (Å²) < 4.78 is 14.0. The number of allylic oxidation sites excluding steroid dienone is 1. The number of halogens is 1. The van der Waals surface area contributed by atoms with Gasteiger partial charge in [0.25, 0.3) is 0 Å². The van der Waals surface area contributed by atoms with E-state index in [0.29, 0.717) is 30.4 Å². The van der Waals surface area contributed by atoms with Crippen LogP contribution >= 0.6 is 15.9 Å². The number of furan rings is 1. The Morgan fingerprint density at radius 2 is 2.20 bits per heavy atom. The molecular formula is C19H17BrN2O3. The summed E-state index contributed by atoms with van der Waals surface area (Å²) in [5.74, 6) is 1.93. The summed E-state index contributed by atoms with van der Waals surface area (Å²) in [7, 11) is 0. The molecule has 128 valence electrons. The van der Waals surface area contributed by atoms with E-state index in [1.54, 1.807) is 29.1 Å². The average molecular weight is 401 g/mol. The summed E-state index contributed by atoms with van der Waals surface area (Å²) in [4.78, 5) is 12.2. The van der Waals surface area contributed by atoms with Crippen molar-refractivity contribution in [2.24, 2.45) is 0 Å². The summed E-state index contributed by atoms with van der Waals surface area (Å²) in [5, 5.41) is 4.09. The van der Waals surface area contributed by atoms with Crippen molar-refractivity contribution in [1.82, 2.24) is 9.78 Å². The van der Waals surface area contributed by atoms with Crippen LogP contribution in [-0.4, -0.2) is 15.6 Å². The van der Waals surface area contributed by atoms with E-state index in [4.69, 9.17) is 9.15 Å². The van der Waals surface area contributed by atoms with E-state index in [1.165, 1.54) is 6.08 Å². The van der Waals surface area contributed by atoms with Crippen molar-refractivity contribution in [3.8, 4) is 5.75 Å². The van der Waals surface area contributed by atoms with Gasteiger partial charge in [-0.1, -0.05) is 22.0 Å². The van der Waals surface area contributed by atoms with Gasteiger partial charge in [-0.25, -0.2) is 0 Å². The molecular weight excluding hydrogens is 384 g/mol. The number of nitrogens with zero attached hydrogens (tertiary/aromatic N) is 2. The summed E-state index contributed by atoms with van der Waals surface area (Å²) in [6.07, 6.45) is 4.76. The summed E-state index contributed by atoms with van der Waals surface area (Å²) in [6, 6.07) is 12.9. The number of hydrogen-bond donors (Lipinski definition) is 0. The van der Waals surface area contributed by atoms with Gasteiger partial charge in [-0.2, -0.15) is 5.10 Å². The quantitative estimate of drug-likeness (QED) is 0.424. The van der Waals surface area contributed by atoms with E-state index in [2.05, 4.69) is 21.0 Å². The number of ketones is 1. The predicted octanol–water partition coefficient (Wildman–Crippen LogP) is 4.73. The van der Waals surface area contributed by atoms with E-state index in [-0.39, 0.29) is 5.78 Å². The standard InChI is InChI=1S/C19H17BrN2O3/c1-2-22-18(10-11-21-22)19(23)9-8-15-6-7-17(25-15)13-24-16-5-3-4-14(20)12-16/h3-12H,2,13H2,1H3/b9-8+. The number of hydrogen-bond acceptors (Lipinski definition) is 4. The third kappa shape index (κ3) is 4.48. The molecule has 0 amide bonds. The van der Waals surface area contributed by atoms with Gasteiger partial charge in [-0.05, 0) is 55.5 Å². The van der Waals surface area contributed by atoms with Crippen LogP contribution in [0, 0.1) is 0 Å². The second-order valence-corrected chi connectivity index (χ2v) is 6.20. The molecule has 5 nitrogen and oxygen atoms in total. The number of aromatic nitrogens is 2. The Hall–Kier alpha value is -2.60. The van der Waals surface area contributed by atoms with Crippen LogP contribution < -0.4 is 4.74 Å². The minimum atomic E-state index is -0.109. The van der Waals surface area contributed by atoms with Gasteiger partial charge in [0.05, 0.1) is 0 Å². The molecule has 0 atom stereocenters. The zero-order valence-electron chi connectivity index (χ0n) is 13.7. The van der Waals surface area contributed by atoms with Crippen molar-refractivity contribution >= 4 is 27.8 Å². The molecule has 0 spiro atoms. The number of benzene rings is 1. The van der Waals surface area contributed by atoms with Crippen LogP contribution in [0.5, 0.6) is 5.75 Å². The zero-order chi connectivity index (χ0) is 17.6. The Kier molecular flexibility index (Phi) is 5.50. The molecule has 0 unspecified atom stereocenters. The van der Waals surface area contributed by atoms with Crippen LogP contribution in [0.1, 0.15) is 28.9 Å². The summed E-state index contributed by atoms with van der Waals surface area (Å²) in [5.41, 5.74) is 0.559. The second kappa shape index (κ2) is 7.98. The average Bonchev–Trinajstić information content (AvgIpc) is 3.27. The molecule has 0 aliphatic rings. The monoisotopic (exact) mass is 400 g/mol. The molecule has 0 radical (unpaired) electrons. The van der Waals surface area contributed by atoms with Gasteiger partial charge in [-0.15, -0.1) is 0 Å². The number of aryl methyl sites for hydroxylation is 1.